The largest absolute Gasteiger partial charge is 0.873 e. The first kappa shape index (κ1) is 21.9. The van der Waals surface area contributed by atoms with Gasteiger partial charge in [0, 0.05) is 0 Å². The fraction of sp³-hybridized carbons (Fsp3) is 0.167. The van der Waals surface area contributed by atoms with Gasteiger partial charge in [-0.3, -0.25) is 0 Å². The van der Waals surface area contributed by atoms with Crippen LogP contribution in [0, 0.1) is 18.1 Å². The molecule has 0 aromatic heterocycles. The number of quaternary nitrogens is 1. The van der Waals surface area contributed by atoms with E-state index in [1.165, 1.54) is 0 Å². The first-order valence-corrected chi connectivity index (χ1v) is 9.31. The Balaban J connectivity index is 0.000000426. The van der Waals surface area contributed by atoms with Crippen molar-refractivity contribution in [3.63, 3.8) is 0 Å². The van der Waals surface area contributed by atoms with Crippen LogP contribution in [0.15, 0.2) is 91.0 Å². The number of rotatable bonds is 6. The molecule has 3 rings (SSSR count). The number of nitrogens with zero attached hydrogens (tertiary/aromatic N) is 1. The summed E-state index contributed by atoms with van der Waals surface area (Å²) in [5.74, 6) is 4.28. The molecule has 0 aliphatic heterocycles. The summed E-state index contributed by atoms with van der Waals surface area (Å²) in [4.78, 5) is 0. The van der Waals surface area contributed by atoms with Crippen LogP contribution in [0.25, 0.3) is 0 Å². The molecule has 3 aromatic rings. The Bertz CT molecular complexity index is 788. The fourth-order valence-electron chi connectivity index (χ4n) is 1.99. The van der Waals surface area contributed by atoms with E-state index >= 15 is 0 Å². The van der Waals surface area contributed by atoms with Gasteiger partial charge in [-0.15, -0.1) is 0 Å². The van der Waals surface area contributed by atoms with Gasteiger partial charge in [-0.05, 0) is 30.2 Å². The van der Waals surface area contributed by atoms with Crippen molar-refractivity contribution in [1.29, 1.82) is 0 Å². The Labute approximate surface area is 174 Å². The molecular weight excluding hydrogens is 361 g/mol. The fourth-order valence-corrected chi connectivity index (χ4v) is 1.99. The highest BCUT2D eigenvalue weighted by molar-refractivity contribution is 6.39. The summed E-state index contributed by atoms with van der Waals surface area (Å²) < 4.78 is 17.6. The van der Waals surface area contributed by atoms with Crippen molar-refractivity contribution in [1.82, 2.24) is 0 Å². The van der Waals surface area contributed by atoms with Gasteiger partial charge in [0.1, 0.15) is 24.2 Å². The Morgan fingerprint density at radius 2 is 1.24 bits per heavy atom. The lowest BCUT2D eigenvalue weighted by atomic mass is 10.2. The third-order valence-corrected chi connectivity index (χ3v) is 3.34. The van der Waals surface area contributed by atoms with E-state index in [0.29, 0.717) is 18.0 Å². The van der Waals surface area contributed by atoms with Gasteiger partial charge in [0.2, 0.25) is 0 Å². The van der Waals surface area contributed by atoms with Gasteiger partial charge in [0.05, 0.1) is 21.1 Å². The van der Waals surface area contributed by atoms with Crippen LogP contribution in [0.2, 0.25) is 0 Å². The molecule has 29 heavy (non-hydrogen) atoms. The molecule has 3 aromatic carbocycles. The highest BCUT2D eigenvalue weighted by atomic mass is 16.7. The number of hydrogen-bond acceptors (Lipinski definition) is 3. The molecule has 4 nitrogen and oxygen atoms in total. The summed E-state index contributed by atoms with van der Waals surface area (Å²) in [7, 11) is 5.26. The maximum Gasteiger partial charge on any atom is 0.873 e. The van der Waals surface area contributed by atoms with Crippen molar-refractivity contribution in [3.05, 3.63) is 97.1 Å². The van der Waals surface area contributed by atoms with Crippen LogP contribution in [0.4, 0.5) is 0 Å². The third kappa shape index (κ3) is 10.5. The lowest BCUT2D eigenvalue weighted by Gasteiger charge is -2.19. The summed E-state index contributed by atoms with van der Waals surface area (Å²) in [5, 5.41) is 0. The van der Waals surface area contributed by atoms with Crippen molar-refractivity contribution in [3.8, 4) is 23.5 Å². The van der Waals surface area contributed by atoms with Crippen molar-refractivity contribution >= 4 is 7.32 Å². The second-order valence-electron chi connectivity index (χ2n) is 7.07. The quantitative estimate of drug-likeness (QED) is 0.273. The molecule has 0 N–H and O–H groups in total. The maximum absolute atomic E-state index is 5.70. The van der Waals surface area contributed by atoms with Gasteiger partial charge in [-0.2, -0.15) is 36.4 Å². The van der Waals surface area contributed by atoms with Gasteiger partial charge < -0.3 is 18.4 Å². The van der Waals surface area contributed by atoms with Crippen LogP contribution in [0.3, 0.4) is 0 Å². The SMILES string of the molecule is C[N+](C)(C)CC#COB(Oc1ccccc1)Oc1ccccc1.[c-]1ccccc1. The van der Waals surface area contributed by atoms with Crippen molar-refractivity contribution in [2.75, 3.05) is 27.7 Å². The van der Waals surface area contributed by atoms with Crippen LogP contribution in [-0.2, 0) is 4.65 Å². The monoisotopic (exact) mass is 387 g/mol. The molecule has 0 fully saturated rings. The van der Waals surface area contributed by atoms with Gasteiger partial charge >= 0.3 is 7.32 Å². The zero-order valence-electron chi connectivity index (χ0n) is 17.1. The lowest BCUT2D eigenvalue weighted by Crippen LogP contribution is -2.35. The normalized spacial score (nSPS) is 9.76. The molecule has 0 amide bonds. The molecule has 0 saturated heterocycles. The molecule has 0 heterocycles. The van der Waals surface area contributed by atoms with E-state index in [4.69, 9.17) is 14.0 Å². The summed E-state index contributed by atoms with van der Waals surface area (Å²) in [5.41, 5.74) is 0. The Morgan fingerprint density at radius 3 is 1.62 bits per heavy atom. The Hall–Kier alpha value is -3.36. The molecule has 148 valence electrons. The number of benzene rings is 3. The average molecular weight is 387 g/mol. The van der Waals surface area contributed by atoms with E-state index in [1.807, 2.05) is 91.0 Å². The topological polar surface area (TPSA) is 27.7 Å². The molecule has 0 aliphatic rings. The first-order valence-electron chi connectivity index (χ1n) is 9.31. The molecule has 0 aliphatic carbocycles. The van der Waals surface area contributed by atoms with Gasteiger partial charge in [-0.25, -0.2) is 0 Å². The first-order chi connectivity index (χ1) is 14.0. The van der Waals surface area contributed by atoms with E-state index in [2.05, 4.69) is 39.2 Å². The van der Waals surface area contributed by atoms with E-state index in [1.54, 1.807) is 0 Å². The zero-order chi connectivity index (χ0) is 20.8. The van der Waals surface area contributed by atoms with Crippen molar-refractivity contribution < 1.29 is 18.4 Å². The Kier molecular flexibility index (Phi) is 9.21. The van der Waals surface area contributed by atoms with Gasteiger partial charge in [0.25, 0.3) is 0 Å². The standard InChI is InChI=1S/C18H21BNO3.C6H5/c1-20(2,3)15-10-16-21-19(22-17-11-6-4-7-12-17)23-18-13-8-5-9-14-18;1-2-4-6-5-3-1/h4-9,11-14H,15H2,1-3H3;1-5H/q+1;-1. The predicted octanol–water partition coefficient (Wildman–Crippen LogP) is 4.30. The molecule has 0 bridgehead atoms. The smallest absolute Gasteiger partial charge is 0.489 e. The molecule has 0 saturated carbocycles. The minimum atomic E-state index is -0.931. The van der Waals surface area contributed by atoms with E-state index in [9.17, 15) is 0 Å². The second-order valence-corrected chi connectivity index (χ2v) is 7.07. The van der Waals surface area contributed by atoms with Gasteiger partial charge in [0.15, 0.2) is 0 Å². The lowest BCUT2D eigenvalue weighted by molar-refractivity contribution is -0.862. The number of hydrogen-bond donors (Lipinski definition) is 0. The van der Waals surface area contributed by atoms with Crippen LogP contribution >= 0.6 is 0 Å². The minimum absolute atomic E-state index is 0.654. The van der Waals surface area contributed by atoms with E-state index in [0.717, 1.165) is 4.48 Å². The Morgan fingerprint density at radius 1 is 0.759 bits per heavy atom. The summed E-state index contributed by atoms with van der Waals surface area (Å²) >= 11 is 0. The summed E-state index contributed by atoms with van der Waals surface area (Å²) in [6.07, 6.45) is 2.67. The zero-order valence-corrected chi connectivity index (χ0v) is 17.1. The second kappa shape index (κ2) is 12.2. The van der Waals surface area contributed by atoms with Crippen molar-refractivity contribution in [2.24, 2.45) is 0 Å². The van der Waals surface area contributed by atoms with Crippen LogP contribution in [-0.4, -0.2) is 39.5 Å². The van der Waals surface area contributed by atoms with Crippen LogP contribution < -0.4 is 9.31 Å². The predicted molar refractivity (Wildman–Crippen MR) is 117 cm³/mol. The molecule has 0 atom stereocenters. The summed E-state index contributed by atoms with van der Waals surface area (Å²) in [6.45, 7) is 0.670. The molecule has 0 unspecified atom stereocenters. The van der Waals surface area contributed by atoms with Crippen LogP contribution in [0.5, 0.6) is 11.5 Å². The van der Waals surface area contributed by atoms with E-state index in [-0.39, 0.29) is 0 Å². The molecule has 0 spiro atoms. The minimum Gasteiger partial charge on any atom is -0.489 e. The molecular formula is C24H26BNO3. The maximum atomic E-state index is 5.70. The summed E-state index contributed by atoms with van der Waals surface area (Å²) in [6, 6.07) is 31.2. The molecule has 5 heteroatoms. The average Bonchev–Trinajstić information content (AvgIpc) is 2.74. The highest BCUT2D eigenvalue weighted by Gasteiger charge is 2.29. The van der Waals surface area contributed by atoms with Crippen LogP contribution in [0.1, 0.15) is 0 Å². The van der Waals surface area contributed by atoms with E-state index < -0.39 is 7.32 Å². The van der Waals surface area contributed by atoms with Crippen molar-refractivity contribution in [2.45, 2.75) is 0 Å². The van der Waals surface area contributed by atoms with Gasteiger partial charge in [-0.1, -0.05) is 36.4 Å². The number of para-hydroxylation sites is 2. The highest BCUT2D eigenvalue weighted by Crippen LogP contribution is 2.14. The molecule has 0 radical (unpaired) electrons. The third-order valence-electron chi connectivity index (χ3n) is 3.34.